The van der Waals surface area contributed by atoms with Crippen molar-refractivity contribution in [3.8, 4) is 0 Å². The van der Waals surface area contributed by atoms with Crippen LogP contribution in [-0.2, 0) is 0 Å². The summed E-state index contributed by atoms with van der Waals surface area (Å²) in [4.78, 5) is 4.24. The molecular formula is C11H17N3. The largest absolute Gasteiger partial charge is 0.396 e. The van der Waals surface area contributed by atoms with E-state index in [0.717, 1.165) is 23.8 Å². The third kappa shape index (κ3) is 1.97. The molecule has 1 atom stereocenters. The molecule has 1 aliphatic rings. The van der Waals surface area contributed by atoms with Crippen LogP contribution in [-0.4, -0.2) is 11.0 Å². The SMILES string of the molecule is CCC(Nc1ncccc1N)C1CC1. The van der Waals surface area contributed by atoms with Crippen LogP contribution >= 0.6 is 0 Å². The Morgan fingerprint density at radius 3 is 3.00 bits per heavy atom. The van der Waals surface area contributed by atoms with Gasteiger partial charge in [-0.1, -0.05) is 6.92 Å². The lowest BCUT2D eigenvalue weighted by molar-refractivity contribution is 0.614. The highest BCUT2D eigenvalue weighted by atomic mass is 15.0. The molecule has 0 aliphatic heterocycles. The topological polar surface area (TPSA) is 50.9 Å². The zero-order chi connectivity index (χ0) is 9.97. The number of nitrogens with two attached hydrogens (primary N) is 1. The number of aromatic nitrogens is 1. The van der Waals surface area contributed by atoms with E-state index < -0.39 is 0 Å². The Balaban J connectivity index is 2.04. The van der Waals surface area contributed by atoms with Gasteiger partial charge in [0.15, 0.2) is 0 Å². The number of anilines is 2. The molecule has 2 rings (SSSR count). The molecule has 1 aromatic heterocycles. The molecule has 0 radical (unpaired) electrons. The van der Waals surface area contributed by atoms with Crippen LogP contribution < -0.4 is 11.1 Å². The van der Waals surface area contributed by atoms with Crippen molar-refractivity contribution >= 4 is 11.5 Å². The van der Waals surface area contributed by atoms with Gasteiger partial charge in [0.2, 0.25) is 0 Å². The minimum Gasteiger partial charge on any atom is -0.396 e. The Morgan fingerprint density at radius 2 is 2.43 bits per heavy atom. The number of pyridine rings is 1. The summed E-state index contributed by atoms with van der Waals surface area (Å²) in [5.41, 5.74) is 6.56. The Bertz CT molecular complexity index is 307. The summed E-state index contributed by atoms with van der Waals surface area (Å²) in [5.74, 6) is 1.67. The third-order valence-electron chi connectivity index (χ3n) is 2.79. The molecule has 3 N–H and O–H groups in total. The molecule has 1 aromatic rings. The van der Waals surface area contributed by atoms with Crippen molar-refractivity contribution in [2.24, 2.45) is 5.92 Å². The van der Waals surface area contributed by atoms with E-state index >= 15 is 0 Å². The molecule has 1 saturated carbocycles. The van der Waals surface area contributed by atoms with Crippen LogP contribution in [0, 0.1) is 5.92 Å². The van der Waals surface area contributed by atoms with E-state index in [1.165, 1.54) is 12.8 Å². The van der Waals surface area contributed by atoms with Gasteiger partial charge in [0, 0.05) is 12.2 Å². The Labute approximate surface area is 84.7 Å². The van der Waals surface area contributed by atoms with Gasteiger partial charge in [-0.2, -0.15) is 0 Å². The fraction of sp³-hybridized carbons (Fsp3) is 0.545. The van der Waals surface area contributed by atoms with Gasteiger partial charge in [-0.3, -0.25) is 0 Å². The van der Waals surface area contributed by atoms with Gasteiger partial charge < -0.3 is 11.1 Å². The number of rotatable bonds is 4. The zero-order valence-corrected chi connectivity index (χ0v) is 8.53. The minimum atomic E-state index is 0.548. The smallest absolute Gasteiger partial charge is 0.149 e. The van der Waals surface area contributed by atoms with Gasteiger partial charge in [0.25, 0.3) is 0 Å². The second-order valence-corrected chi connectivity index (χ2v) is 3.94. The third-order valence-corrected chi connectivity index (χ3v) is 2.79. The number of hydrogen-bond donors (Lipinski definition) is 2. The van der Waals surface area contributed by atoms with Gasteiger partial charge in [0.05, 0.1) is 5.69 Å². The van der Waals surface area contributed by atoms with Gasteiger partial charge in [-0.05, 0) is 37.3 Å². The predicted molar refractivity (Wildman–Crippen MR) is 59.1 cm³/mol. The van der Waals surface area contributed by atoms with Crippen LogP contribution in [0.2, 0.25) is 0 Å². The lowest BCUT2D eigenvalue weighted by Crippen LogP contribution is -2.22. The lowest BCUT2D eigenvalue weighted by Gasteiger charge is -2.17. The van der Waals surface area contributed by atoms with E-state index in [1.807, 2.05) is 12.1 Å². The number of nitrogens with one attached hydrogen (secondary N) is 1. The lowest BCUT2D eigenvalue weighted by atomic mass is 10.1. The summed E-state index contributed by atoms with van der Waals surface area (Å²) in [5, 5.41) is 3.42. The molecule has 0 aromatic carbocycles. The molecule has 1 unspecified atom stereocenters. The van der Waals surface area contributed by atoms with Crippen LogP contribution in [0.4, 0.5) is 11.5 Å². The van der Waals surface area contributed by atoms with Crippen molar-refractivity contribution in [1.82, 2.24) is 4.98 Å². The molecule has 3 heteroatoms. The van der Waals surface area contributed by atoms with Crippen molar-refractivity contribution < 1.29 is 0 Å². The first kappa shape index (κ1) is 9.31. The van der Waals surface area contributed by atoms with Gasteiger partial charge in [-0.15, -0.1) is 0 Å². The van der Waals surface area contributed by atoms with Crippen LogP contribution in [0.15, 0.2) is 18.3 Å². The highest BCUT2D eigenvalue weighted by Crippen LogP contribution is 2.35. The molecule has 0 amide bonds. The Kier molecular flexibility index (Phi) is 2.57. The maximum atomic E-state index is 5.82. The van der Waals surface area contributed by atoms with Crippen molar-refractivity contribution in [3.05, 3.63) is 18.3 Å². The summed E-state index contributed by atoms with van der Waals surface area (Å²) >= 11 is 0. The first-order valence-electron chi connectivity index (χ1n) is 5.28. The molecule has 14 heavy (non-hydrogen) atoms. The molecule has 1 aliphatic carbocycles. The summed E-state index contributed by atoms with van der Waals surface area (Å²) in [6, 6.07) is 4.29. The van der Waals surface area contributed by atoms with E-state index in [0.29, 0.717) is 6.04 Å². The van der Waals surface area contributed by atoms with E-state index in [9.17, 15) is 0 Å². The van der Waals surface area contributed by atoms with Crippen LogP contribution in [0.3, 0.4) is 0 Å². The van der Waals surface area contributed by atoms with Crippen molar-refractivity contribution in [1.29, 1.82) is 0 Å². The average molecular weight is 191 g/mol. The van der Waals surface area contributed by atoms with Crippen molar-refractivity contribution in [2.45, 2.75) is 32.2 Å². The van der Waals surface area contributed by atoms with E-state index in [2.05, 4.69) is 17.2 Å². The maximum Gasteiger partial charge on any atom is 0.149 e. The zero-order valence-electron chi connectivity index (χ0n) is 8.53. The Morgan fingerprint density at radius 1 is 1.64 bits per heavy atom. The standard InChI is InChI=1S/C11H17N3/c1-2-10(8-5-6-8)14-11-9(12)4-3-7-13-11/h3-4,7-8,10H,2,5-6,12H2,1H3,(H,13,14). The van der Waals surface area contributed by atoms with Gasteiger partial charge in [-0.25, -0.2) is 4.98 Å². The molecule has 0 spiro atoms. The van der Waals surface area contributed by atoms with Crippen molar-refractivity contribution in [3.63, 3.8) is 0 Å². The summed E-state index contributed by atoms with van der Waals surface area (Å²) < 4.78 is 0. The fourth-order valence-corrected chi connectivity index (χ4v) is 1.77. The average Bonchev–Trinajstić information content (AvgIpc) is 3.00. The van der Waals surface area contributed by atoms with Crippen LogP contribution in [0.1, 0.15) is 26.2 Å². The predicted octanol–water partition coefficient (Wildman–Crippen LogP) is 2.26. The summed E-state index contributed by atoms with van der Waals surface area (Å²) in [6.07, 6.45) is 5.61. The molecule has 0 bridgehead atoms. The molecular weight excluding hydrogens is 174 g/mol. The minimum absolute atomic E-state index is 0.548. The molecule has 3 nitrogen and oxygen atoms in total. The molecule has 1 fully saturated rings. The summed E-state index contributed by atoms with van der Waals surface area (Å²) in [6.45, 7) is 2.20. The van der Waals surface area contributed by atoms with E-state index in [-0.39, 0.29) is 0 Å². The van der Waals surface area contributed by atoms with E-state index in [4.69, 9.17) is 5.73 Å². The summed E-state index contributed by atoms with van der Waals surface area (Å²) in [7, 11) is 0. The first-order chi connectivity index (χ1) is 6.81. The highest BCUT2D eigenvalue weighted by molar-refractivity contribution is 5.60. The van der Waals surface area contributed by atoms with Gasteiger partial charge in [0.1, 0.15) is 5.82 Å². The molecule has 1 heterocycles. The normalized spacial score (nSPS) is 17.8. The van der Waals surface area contributed by atoms with E-state index in [1.54, 1.807) is 6.20 Å². The van der Waals surface area contributed by atoms with Crippen LogP contribution in [0.25, 0.3) is 0 Å². The monoisotopic (exact) mass is 191 g/mol. The number of nitrogens with zero attached hydrogens (tertiary/aromatic N) is 1. The molecule has 76 valence electrons. The first-order valence-corrected chi connectivity index (χ1v) is 5.28. The maximum absolute atomic E-state index is 5.82. The van der Waals surface area contributed by atoms with Gasteiger partial charge >= 0.3 is 0 Å². The second kappa shape index (κ2) is 3.86. The Hall–Kier alpha value is -1.25. The quantitative estimate of drug-likeness (QED) is 0.767. The highest BCUT2D eigenvalue weighted by Gasteiger charge is 2.30. The second-order valence-electron chi connectivity index (χ2n) is 3.94. The molecule has 0 saturated heterocycles. The van der Waals surface area contributed by atoms with Crippen molar-refractivity contribution in [2.75, 3.05) is 11.1 Å². The number of hydrogen-bond acceptors (Lipinski definition) is 3. The number of nitrogen functional groups attached to an aromatic ring is 1. The van der Waals surface area contributed by atoms with Crippen LogP contribution in [0.5, 0.6) is 0 Å². The fourth-order valence-electron chi connectivity index (χ4n) is 1.77.